The standard InChI is InChI=1S/C15H20N2O4S/c1-10-7-12-13(21-9-15(18)16-12)8-14(10)22(19,20)17-11-5-3-2-4-6-11/h7-8,11,17H,2-6,9H2,1H3,(H,16,18). The molecule has 1 aromatic rings. The summed E-state index contributed by atoms with van der Waals surface area (Å²) in [6.07, 6.45) is 5.06. The number of benzene rings is 1. The molecule has 0 spiro atoms. The van der Waals surface area contributed by atoms with E-state index in [2.05, 4.69) is 10.0 Å². The molecule has 0 saturated heterocycles. The Morgan fingerprint density at radius 1 is 1.23 bits per heavy atom. The van der Waals surface area contributed by atoms with Crippen molar-refractivity contribution in [1.29, 1.82) is 0 Å². The molecule has 22 heavy (non-hydrogen) atoms. The molecule has 7 heteroatoms. The molecule has 120 valence electrons. The summed E-state index contributed by atoms with van der Waals surface area (Å²) < 4.78 is 33.3. The van der Waals surface area contributed by atoms with Crippen LogP contribution in [-0.2, 0) is 14.8 Å². The molecule has 0 aromatic heterocycles. The number of hydrogen-bond donors (Lipinski definition) is 2. The van der Waals surface area contributed by atoms with Gasteiger partial charge in [0, 0.05) is 12.1 Å². The quantitative estimate of drug-likeness (QED) is 0.890. The van der Waals surface area contributed by atoms with E-state index in [-0.39, 0.29) is 23.5 Å². The number of nitrogens with one attached hydrogen (secondary N) is 2. The van der Waals surface area contributed by atoms with E-state index >= 15 is 0 Å². The summed E-state index contributed by atoms with van der Waals surface area (Å²) in [7, 11) is -3.58. The third kappa shape index (κ3) is 3.10. The topological polar surface area (TPSA) is 84.5 Å². The first kappa shape index (κ1) is 15.3. The van der Waals surface area contributed by atoms with Crippen LogP contribution < -0.4 is 14.8 Å². The lowest BCUT2D eigenvalue weighted by Crippen LogP contribution is -2.36. The van der Waals surface area contributed by atoms with Crippen LogP contribution >= 0.6 is 0 Å². The number of hydrogen-bond acceptors (Lipinski definition) is 4. The minimum Gasteiger partial charge on any atom is -0.482 e. The Morgan fingerprint density at radius 2 is 1.95 bits per heavy atom. The highest BCUT2D eigenvalue weighted by Crippen LogP contribution is 2.33. The van der Waals surface area contributed by atoms with E-state index < -0.39 is 10.0 Å². The minimum absolute atomic E-state index is 0.00908. The molecule has 0 bridgehead atoms. The molecule has 0 radical (unpaired) electrons. The molecule has 1 saturated carbocycles. The SMILES string of the molecule is Cc1cc2c(cc1S(=O)(=O)NC1CCCCC1)OCC(=O)N2. The maximum Gasteiger partial charge on any atom is 0.262 e. The van der Waals surface area contributed by atoms with Crippen LogP contribution in [-0.4, -0.2) is 27.0 Å². The zero-order valence-corrected chi connectivity index (χ0v) is 13.3. The fraction of sp³-hybridized carbons (Fsp3) is 0.533. The van der Waals surface area contributed by atoms with Crippen LogP contribution in [0.15, 0.2) is 17.0 Å². The van der Waals surface area contributed by atoms with Gasteiger partial charge in [0.05, 0.1) is 10.6 Å². The van der Waals surface area contributed by atoms with Gasteiger partial charge in [-0.05, 0) is 31.4 Å². The molecule has 1 aromatic carbocycles. The van der Waals surface area contributed by atoms with Crippen molar-refractivity contribution in [2.45, 2.75) is 50.0 Å². The van der Waals surface area contributed by atoms with Gasteiger partial charge in [0.25, 0.3) is 5.91 Å². The van der Waals surface area contributed by atoms with E-state index in [1.54, 1.807) is 13.0 Å². The number of amides is 1. The zero-order valence-electron chi connectivity index (χ0n) is 12.5. The van der Waals surface area contributed by atoms with Gasteiger partial charge in [-0.3, -0.25) is 4.79 Å². The lowest BCUT2D eigenvalue weighted by atomic mass is 9.96. The molecule has 1 heterocycles. The Kier molecular flexibility index (Phi) is 4.10. The molecule has 1 aliphatic heterocycles. The average Bonchev–Trinajstić information content (AvgIpc) is 2.46. The molecule has 2 N–H and O–H groups in total. The molecule has 1 fully saturated rings. The minimum atomic E-state index is -3.58. The fourth-order valence-electron chi connectivity index (χ4n) is 3.01. The first-order valence-corrected chi connectivity index (χ1v) is 9.04. The number of rotatable bonds is 3. The molecule has 0 unspecified atom stereocenters. The Hall–Kier alpha value is -1.60. The summed E-state index contributed by atoms with van der Waals surface area (Å²) in [5.74, 6) is 0.164. The van der Waals surface area contributed by atoms with E-state index in [9.17, 15) is 13.2 Å². The number of aryl methyl sites for hydroxylation is 1. The van der Waals surface area contributed by atoms with Crippen molar-refractivity contribution in [2.24, 2.45) is 0 Å². The van der Waals surface area contributed by atoms with Crippen LogP contribution in [0.1, 0.15) is 37.7 Å². The second-order valence-electron chi connectivity index (χ2n) is 5.91. The van der Waals surface area contributed by atoms with Gasteiger partial charge in [0.1, 0.15) is 5.75 Å². The van der Waals surface area contributed by atoms with Gasteiger partial charge in [-0.2, -0.15) is 0 Å². The van der Waals surface area contributed by atoms with Gasteiger partial charge in [-0.15, -0.1) is 0 Å². The summed E-state index contributed by atoms with van der Waals surface area (Å²) in [6, 6.07) is 3.15. The van der Waals surface area contributed by atoms with Crippen molar-refractivity contribution in [3.05, 3.63) is 17.7 Å². The molecule has 0 atom stereocenters. The Morgan fingerprint density at radius 3 is 2.68 bits per heavy atom. The van der Waals surface area contributed by atoms with E-state index in [4.69, 9.17) is 4.74 Å². The first-order valence-electron chi connectivity index (χ1n) is 7.55. The molecule has 3 rings (SSSR count). The lowest BCUT2D eigenvalue weighted by Gasteiger charge is -2.24. The maximum atomic E-state index is 12.6. The van der Waals surface area contributed by atoms with Crippen molar-refractivity contribution in [1.82, 2.24) is 4.72 Å². The second-order valence-corrected chi connectivity index (χ2v) is 7.59. The van der Waals surface area contributed by atoms with Crippen LogP contribution in [0.4, 0.5) is 5.69 Å². The average molecular weight is 324 g/mol. The number of fused-ring (bicyclic) bond motifs is 1. The predicted octanol–water partition coefficient (Wildman–Crippen LogP) is 1.94. The molecule has 6 nitrogen and oxygen atoms in total. The van der Waals surface area contributed by atoms with Crippen LogP contribution in [0, 0.1) is 6.92 Å². The van der Waals surface area contributed by atoms with Gasteiger partial charge in [0.15, 0.2) is 6.61 Å². The van der Waals surface area contributed by atoms with E-state index in [1.165, 1.54) is 12.5 Å². The molecular weight excluding hydrogens is 304 g/mol. The Labute approximate surface area is 130 Å². The van der Waals surface area contributed by atoms with Gasteiger partial charge in [-0.1, -0.05) is 19.3 Å². The van der Waals surface area contributed by atoms with Crippen LogP contribution in [0.5, 0.6) is 5.75 Å². The number of carbonyl (C=O) groups excluding carboxylic acids is 1. The van der Waals surface area contributed by atoms with Gasteiger partial charge < -0.3 is 10.1 Å². The summed E-state index contributed by atoms with van der Waals surface area (Å²) in [5, 5.41) is 2.68. The van der Waals surface area contributed by atoms with Crippen LogP contribution in [0.2, 0.25) is 0 Å². The Balaban J connectivity index is 1.88. The third-order valence-electron chi connectivity index (χ3n) is 4.13. The van der Waals surface area contributed by atoms with Crippen molar-refractivity contribution < 1.29 is 17.9 Å². The summed E-state index contributed by atoms with van der Waals surface area (Å²) in [4.78, 5) is 11.5. The summed E-state index contributed by atoms with van der Waals surface area (Å²) >= 11 is 0. The normalized spacial score (nSPS) is 19.2. The third-order valence-corrected chi connectivity index (χ3v) is 5.79. The Bertz CT molecular complexity index is 694. The van der Waals surface area contributed by atoms with Crippen molar-refractivity contribution >= 4 is 21.6 Å². The monoisotopic (exact) mass is 324 g/mol. The zero-order chi connectivity index (χ0) is 15.7. The largest absolute Gasteiger partial charge is 0.482 e. The molecule has 2 aliphatic rings. The number of ether oxygens (including phenoxy) is 1. The summed E-state index contributed by atoms with van der Waals surface area (Å²) in [5.41, 5.74) is 1.11. The maximum absolute atomic E-state index is 12.6. The van der Waals surface area contributed by atoms with Crippen LogP contribution in [0.25, 0.3) is 0 Å². The number of carbonyl (C=O) groups is 1. The highest BCUT2D eigenvalue weighted by Gasteiger charge is 2.26. The molecule has 1 amide bonds. The van der Waals surface area contributed by atoms with Crippen molar-refractivity contribution in [3.8, 4) is 5.75 Å². The molecular formula is C15H20N2O4S. The number of anilines is 1. The smallest absolute Gasteiger partial charge is 0.262 e. The second kappa shape index (κ2) is 5.89. The van der Waals surface area contributed by atoms with Gasteiger partial charge in [0.2, 0.25) is 10.0 Å². The first-order chi connectivity index (χ1) is 10.5. The summed E-state index contributed by atoms with van der Waals surface area (Å²) in [6.45, 7) is 1.63. The van der Waals surface area contributed by atoms with E-state index in [0.29, 0.717) is 17.0 Å². The molecule has 1 aliphatic carbocycles. The number of sulfonamides is 1. The van der Waals surface area contributed by atoms with E-state index in [0.717, 1.165) is 25.7 Å². The van der Waals surface area contributed by atoms with Gasteiger partial charge >= 0.3 is 0 Å². The highest BCUT2D eigenvalue weighted by molar-refractivity contribution is 7.89. The lowest BCUT2D eigenvalue weighted by molar-refractivity contribution is -0.118. The van der Waals surface area contributed by atoms with Crippen molar-refractivity contribution in [3.63, 3.8) is 0 Å². The van der Waals surface area contributed by atoms with Gasteiger partial charge in [-0.25, -0.2) is 13.1 Å². The van der Waals surface area contributed by atoms with Crippen LogP contribution in [0.3, 0.4) is 0 Å². The predicted molar refractivity (Wildman–Crippen MR) is 82.5 cm³/mol. The van der Waals surface area contributed by atoms with E-state index in [1.807, 2.05) is 0 Å². The van der Waals surface area contributed by atoms with Crippen molar-refractivity contribution in [2.75, 3.05) is 11.9 Å². The fourth-order valence-corrected chi connectivity index (χ4v) is 4.56. The highest BCUT2D eigenvalue weighted by atomic mass is 32.2.